The van der Waals surface area contributed by atoms with Crippen LogP contribution in [0.4, 0.5) is 0 Å². The van der Waals surface area contributed by atoms with Gasteiger partial charge in [0.2, 0.25) is 0 Å². The molecule has 2 aromatic carbocycles. The summed E-state index contributed by atoms with van der Waals surface area (Å²) in [4.78, 5) is 35.2. The van der Waals surface area contributed by atoms with E-state index in [0.717, 1.165) is 0 Å². The fourth-order valence-electron chi connectivity index (χ4n) is 2.41. The minimum Gasteiger partial charge on any atom is -0.504 e. The van der Waals surface area contributed by atoms with E-state index in [0.29, 0.717) is 11.1 Å². The van der Waals surface area contributed by atoms with Crippen LogP contribution in [0.25, 0.3) is 12.2 Å². The van der Waals surface area contributed by atoms with Crippen molar-refractivity contribution < 1.29 is 38.8 Å². The zero-order valence-electron chi connectivity index (χ0n) is 17.0. The SMILES string of the molecule is COC(=O)COc1cc(/C=C/C(=O)CC(=O)/C=C/c2ccc(O)c(OC)c2)ccc1O. The Labute approximate surface area is 179 Å². The number of methoxy groups -OCH3 is 2. The van der Waals surface area contributed by atoms with E-state index in [1.165, 1.54) is 56.7 Å². The maximum absolute atomic E-state index is 12.1. The molecular formula is C23H22O8. The molecule has 31 heavy (non-hydrogen) atoms. The standard InChI is InChI=1S/C23H22O8/c1-29-21-11-15(5-9-19(21)26)3-7-17(24)13-18(25)8-4-16-6-10-20(27)22(12-16)31-14-23(28)30-2/h3-12,26-27H,13-14H2,1-2H3/b7-3+,8-4+. The molecule has 0 heterocycles. The minimum absolute atomic E-state index is 0.0145. The Balaban J connectivity index is 1.95. The first-order chi connectivity index (χ1) is 14.8. The summed E-state index contributed by atoms with van der Waals surface area (Å²) in [6, 6.07) is 8.96. The van der Waals surface area contributed by atoms with Crippen molar-refractivity contribution in [1.82, 2.24) is 0 Å². The van der Waals surface area contributed by atoms with Crippen molar-refractivity contribution >= 4 is 29.7 Å². The Morgan fingerprint density at radius 2 is 1.35 bits per heavy atom. The van der Waals surface area contributed by atoms with Crippen LogP contribution >= 0.6 is 0 Å². The Morgan fingerprint density at radius 1 is 0.839 bits per heavy atom. The van der Waals surface area contributed by atoms with Gasteiger partial charge >= 0.3 is 5.97 Å². The van der Waals surface area contributed by atoms with Crippen LogP contribution in [0.5, 0.6) is 23.0 Å². The zero-order chi connectivity index (χ0) is 22.8. The van der Waals surface area contributed by atoms with Gasteiger partial charge in [-0.25, -0.2) is 4.79 Å². The summed E-state index contributed by atoms with van der Waals surface area (Å²) >= 11 is 0. The third-order valence-electron chi connectivity index (χ3n) is 4.03. The summed E-state index contributed by atoms with van der Waals surface area (Å²) < 4.78 is 14.6. The zero-order valence-corrected chi connectivity index (χ0v) is 17.0. The largest absolute Gasteiger partial charge is 0.504 e. The average Bonchev–Trinajstić information content (AvgIpc) is 2.76. The van der Waals surface area contributed by atoms with E-state index in [1.807, 2.05) is 0 Å². The first-order valence-electron chi connectivity index (χ1n) is 9.14. The number of benzene rings is 2. The Bertz CT molecular complexity index is 1020. The van der Waals surface area contributed by atoms with E-state index < -0.39 is 17.5 Å². The number of allylic oxidation sites excluding steroid dienone is 2. The van der Waals surface area contributed by atoms with Crippen LogP contribution in [-0.4, -0.2) is 48.6 Å². The van der Waals surface area contributed by atoms with Crippen LogP contribution < -0.4 is 9.47 Å². The first-order valence-corrected chi connectivity index (χ1v) is 9.14. The van der Waals surface area contributed by atoms with Crippen LogP contribution in [0.2, 0.25) is 0 Å². The van der Waals surface area contributed by atoms with Gasteiger partial charge in [0.05, 0.1) is 20.6 Å². The molecule has 0 fully saturated rings. The molecule has 162 valence electrons. The lowest BCUT2D eigenvalue weighted by atomic mass is 10.1. The molecule has 0 saturated heterocycles. The van der Waals surface area contributed by atoms with Crippen molar-refractivity contribution in [3.05, 3.63) is 59.7 Å². The molecule has 0 spiro atoms. The average molecular weight is 426 g/mol. The molecule has 0 bridgehead atoms. The number of aromatic hydroxyl groups is 2. The number of carbonyl (C=O) groups is 3. The van der Waals surface area contributed by atoms with Gasteiger partial charge in [0.15, 0.2) is 41.2 Å². The van der Waals surface area contributed by atoms with Gasteiger partial charge in [-0.2, -0.15) is 0 Å². The maximum Gasteiger partial charge on any atom is 0.343 e. The molecule has 8 heteroatoms. The highest BCUT2D eigenvalue weighted by Crippen LogP contribution is 2.28. The third kappa shape index (κ3) is 7.36. The van der Waals surface area contributed by atoms with Crippen LogP contribution in [0, 0.1) is 0 Å². The third-order valence-corrected chi connectivity index (χ3v) is 4.03. The van der Waals surface area contributed by atoms with E-state index in [9.17, 15) is 24.6 Å². The van der Waals surface area contributed by atoms with Gasteiger partial charge in [-0.15, -0.1) is 0 Å². The molecule has 0 aliphatic heterocycles. The second-order valence-corrected chi connectivity index (χ2v) is 6.30. The van der Waals surface area contributed by atoms with Crippen molar-refractivity contribution in [3.63, 3.8) is 0 Å². The van der Waals surface area contributed by atoms with Gasteiger partial charge in [-0.1, -0.05) is 24.3 Å². The quantitative estimate of drug-likeness (QED) is 0.338. The molecule has 8 nitrogen and oxygen atoms in total. The Kier molecular flexibility index (Phi) is 8.39. The predicted molar refractivity (Wildman–Crippen MR) is 113 cm³/mol. The summed E-state index contributed by atoms with van der Waals surface area (Å²) in [5.74, 6) is -1.26. The monoisotopic (exact) mass is 426 g/mol. The molecule has 2 N–H and O–H groups in total. The number of hydrogen-bond donors (Lipinski definition) is 2. The normalized spacial score (nSPS) is 10.9. The summed E-state index contributed by atoms with van der Waals surface area (Å²) in [5, 5.41) is 19.3. The van der Waals surface area contributed by atoms with Gasteiger partial charge < -0.3 is 24.4 Å². The van der Waals surface area contributed by atoms with Crippen molar-refractivity contribution in [3.8, 4) is 23.0 Å². The lowest BCUT2D eigenvalue weighted by molar-refractivity contribution is -0.143. The van der Waals surface area contributed by atoms with Gasteiger partial charge in [-0.3, -0.25) is 9.59 Å². The number of rotatable bonds is 10. The molecule has 0 atom stereocenters. The summed E-state index contributed by atoms with van der Waals surface area (Å²) in [6.45, 7) is -0.371. The number of carbonyl (C=O) groups excluding carboxylic acids is 3. The number of esters is 1. The number of phenolic OH excluding ortho intramolecular Hbond substituents is 2. The molecule has 0 aliphatic carbocycles. The van der Waals surface area contributed by atoms with Gasteiger partial charge in [0.1, 0.15) is 0 Å². The van der Waals surface area contributed by atoms with Crippen molar-refractivity contribution in [2.24, 2.45) is 0 Å². The topological polar surface area (TPSA) is 119 Å². The first kappa shape index (κ1) is 23.2. The van der Waals surface area contributed by atoms with Gasteiger partial charge in [0.25, 0.3) is 0 Å². The predicted octanol–water partition coefficient (Wildman–Crippen LogP) is 2.91. The van der Waals surface area contributed by atoms with E-state index in [2.05, 4.69) is 4.74 Å². The molecule has 0 amide bonds. The smallest absolute Gasteiger partial charge is 0.343 e. The van der Waals surface area contributed by atoms with Crippen LogP contribution in [-0.2, 0) is 19.1 Å². The van der Waals surface area contributed by atoms with E-state index in [1.54, 1.807) is 18.2 Å². The highest BCUT2D eigenvalue weighted by Gasteiger charge is 2.08. The molecule has 0 radical (unpaired) electrons. The lowest BCUT2D eigenvalue weighted by Gasteiger charge is -2.07. The number of hydrogen-bond acceptors (Lipinski definition) is 8. The summed E-state index contributed by atoms with van der Waals surface area (Å²) in [6.07, 6.45) is 5.18. The second-order valence-electron chi connectivity index (χ2n) is 6.30. The van der Waals surface area contributed by atoms with E-state index >= 15 is 0 Å². The molecule has 2 rings (SSSR count). The van der Waals surface area contributed by atoms with Crippen LogP contribution in [0.1, 0.15) is 17.5 Å². The van der Waals surface area contributed by atoms with E-state index in [4.69, 9.17) is 9.47 Å². The maximum atomic E-state index is 12.1. The number of phenols is 2. The molecule has 0 unspecified atom stereocenters. The van der Waals surface area contributed by atoms with Gasteiger partial charge in [-0.05, 0) is 47.5 Å². The van der Waals surface area contributed by atoms with Crippen LogP contribution in [0.15, 0.2) is 48.6 Å². The second kappa shape index (κ2) is 11.2. The van der Waals surface area contributed by atoms with Gasteiger partial charge in [0, 0.05) is 0 Å². The Morgan fingerprint density at radius 3 is 1.87 bits per heavy atom. The van der Waals surface area contributed by atoms with Crippen molar-refractivity contribution in [1.29, 1.82) is 0 Å². The highest BCUT2D eigenvalue weighted by atomic mass is 16.6. The Hall–Kier alpha value is -4.07. The molecule has 2 aromatic rings. The van der Waals surface area contributed by atoms with Crippen molar-refractivity contribution in [2.45, 2.75) is 6.42 Å². The minimum atomic E-state index is -0.604. The molecule has 0 aromatic heterocycles. The summed E-state index contributed by atoms with van der Waals surface area (Å²) in [5.41, 5.74) is 1.17. The fraction of sp³-hybridized carbons (Fsp3) is 0.174. The van der Waals surface area contributed by atoms with Crippen molar-refractivity contribution in [2.75, 3.05) is 20.8 Å². The molecular weight excluding hydrogens is 404 g/mol. The molecule has 0 aliphatic rings. The summed E-state index contributed by atoms with van der Waals surface area (Å²) in [7, 11) is 2.63. The van der Waals surface area contributed by atoms with Crippen LogP contribution in [0.3, 0.4) is 0 Å². The fourth-order valence-corrected chi connectivity index (χ4v) is 2.41. The lowest BCUT2D eigenvalue weighted by Crippen LogP contribution is -2.12. The number of ketones is 2. The molecule has 0 saturated carbocycles. The number of ether oxygens (including phenoxy) is 3. The van der Waals surface area contributed by atoms with E-state index in [-0.39, 0.29) is 36.0 Å². The highest BCUT2D eigenvalue weighted by molar-refractivity contribution is 6.10.